The Hall–Kier alpha value is -2.03. The lowest BCUT2D eigenvalue weighted by Crippen LogP contribution is -1.92. The minimum Gasteiger partial charge on any atom is -0.493 e. The highest BCUT2D eigenvalue weighted by molar-refractivity contribution is 5.44. The van der Waals surface area contributed by atoms with Crippen LogP contribution in [0.5, 0.6) is 17.2 Å². The van der Waals surface area contributed by atoms with Crippen LogP contribution >= 0.6 is 0 Å². The molecular formula is C14H13FO2. The molecular weight excluding hydrogens is 219 g/mol. The molecule has 0 aliphatic rings. The maximum Gasteiger partial charge on any atom is 0.169 e. The van der Waals surface area contributed by atoms with Crippen LogP contribution in [0.1, 0.15) is 5.56 Å². The van der Waals surface area contributed by atoms with Gasteiger partial charge in [-0.1, -0.05) is 18.2 Å². The molecule has 0 N–H and O–H groups in total. The van der Waals surface area contributed by atoms with Crippen molar-refractivity contribution in [3.63, 3.8) is 0 Å². The molecule has 0 unspecified atom stereocenters. The van der Waals surface area contributed by atoms with E-state index in [0.717, 1.165) is 11.3 Å². The number of benzene rings is 2. The van der Waals surface area contributed by atoms with Crippen molar-refractivity contribution < 1.29 is 13.9 Å². The number of hydrogen-bond donors (Lipinski definition) is 0. The molecule has 2 aromatic carbocycles. The van der Waals surface area contributed by atoms with Crippen molar-refractivity contribution in [3.8, 4) is 17.2 Å². The van der Waals surface area contributed by atoms with E-state index in [1.54, 1.807) is 6.07 Å². The Morgan fingerprint density at radius 1 is 0.941 bits per heavy atom. The van der Waals surface area contributed by atoms with Gasteiger partial charge in [0.2, 0.25) is 0 Å². The Kier molecular flexibility index (Phi) is 3.28. The zero-order valence-electron chi connectivity index (χ0n) is 9.74. The van der Waals surface area contributed by atoms with Crippen LogP contribution in [0.4, 0.5) is 4.39 Å². The smallest absolute Gasteiger partial charge is 0.169 e. The van der Waals surface area contributed by atoms with E-state index in [9.17, 15) is 4.39 Å². The van der Waals surface area contributed by atoms with E-state index in [0.29, 0.717) is 11.5 Å². The van der Waals surface area contributed by atoms with Gasteiger partial charge in [0, 0.05) is 6.07 Å². The first-order valence-corrected chi connectivity index (χ1v) is 5.27. The summed E-state index contributed by atoms with van der Waals surface area (Å²) in [6.07, 6.45) is 0. The summed E-state index contributed by atoms with van der Waals surface area (Å²) in [7, 11) is 1.49. The number of methoxy groups -OCH3 is 1. The monoisotopic (exact) mass is 232 g/mol. The highest BCUT2D eigenvalue weighted by atomic mass is 19.1. The predicted octanol–water partition coefficient (Wildman–Crippen LogP) is 3.94. The van der Waals surface area contributed by atoms with Crippen LogP contribution in [0.25, 0.3) is 0 Å². The molecule has 0 heterocycles. The summed E-state index contributed by atoms with van der Waals surface area (Å²) < 4.78 is 23.8. The molecule has 0 saturated carbocycles. The van der Waals surface area contributed by atoms with Crippen LogP contribution in [0.15, 0.2) is 42.5 Å². The molecule has 0 atom stereocenters. The molecule has 0 bridgehead atoms. The molecule has 0 spiro atoms. The van der Waals surface area contributed by atoms with Crippen LogP contribution in [-0.4, -0.2) is 7.11 Å². The van der Waals surface area contributed by atoms with Gasteiger partial charge in [-0.3, -0.25) is 0 Å². The fourth-order valence-electron chi connectivity index (χ4n) is 1.52. The average molecular weight is 232 g/mol. The highest BCUT2D eigenvalue weighted by Gasteiger charge is 2.07. The molecule has 17 heavy (non-hydrogen) atoms. The number of rotatable bonds is 3. The molecule has 88 valence electrons. The third-order valence-corrected chi connectivity index (χ3v) is 2.44. The molecule has 0 aliphatic carbocycles. The molecule has 0 aliphatic heterocycles. The highest BCUT2D eigenvalue weighted by Crippen LogP contribution is 2.33. The third-order valence-electron chi connectivity index (χ3n) is 2.44. The maximum atomic E-state index is 13.0. The van der Waals surface area contributed by atoms with Gasteiger partial charge in [0.1, 0.15) is 11.6 Å². The minimum atomic E-state index is -0.348. The van der Waals surface area contributed by atoms with Crippen LogP contribution in [0.2, 0.25) is 0 Å². The minimum absolute atomic E-state index is 0.348. The van der Waals surface area contributed by atoms with Crippen molar-refractivity contribution in [2.45, 2.75) is 6.92 Å². The van der Waals surface area contributed by atoms with Crippen molar-refractivity contribution >= 4 is 0 Å². The zero-order valence-corrected chi connectivity index (χ0v) is 9.74. The van der Waals surface area contributed by atoms with Crippen molar-refractivity contribution in [1.29, 1.82) is 0 Å². The van der Waals surface area contributed by atoms with Crippen molar-refractivity contribution in [2.24, 2.45) is 0 Å². The lowest BCUT2D eigenvalue weighted by atomic mass is 10.2. The first-order chi connectivity index (χ1) is 8.20. The summed E-state index contributed by atoms with van der Waals surface area (Å²) in [5.41, 5.74) is 1.01. The summed E-state index contributed by atoms with van der Waals surface area (Å²) in [4.78, 5) is 0. The number of para-hydroxylation sites is 1. The third kappa shape index (κ3) is 2.56. The number of aryl methyl sites for hydroxylation is 1. The van der Waals surface area contributed by atoms with Crippen LogP contribution < -0.4 is 9.47 Å². The Morgan fingerprint density at radius 3 is 2.41 bits per heavy atom. The summed E-state index contributed by atoms with van der Waals surface area (Å²) >= 11 is 0. The Morgan fingerprint density at radius 2 is 1.71 bits per heavy atom. The maximum absolute atomic E-state index is 13.0. The molecule has 2 nitrogen and oxygen atoms in total. The Labute approximate surface area is 99.6 Å². The molecule has 2 aromatic rings. The van der Waals surface area contributed by atoms with E-state index in [4.69, 9.17) is 9.47 Å². The molecule has 0 radical (unpaired) electrons. The molecule has 0 saturated heterocycles. The summed E-state index contributed by atoms with van der Waals surface area (Å²) in [6.45, 7) is 1.95. The lowest BCUT2D eigenvalue weighted by molar-refractivity contribution is 0.375. The number of hydrogen-bond acceptors (Lipinski definition) is 2. The topological polar surface area (TPSA) is 18.5 Å². The number of ether oxygens (including phenoxy) is 2. The van der Waals surface area contributed by atoms with E-state index >= 15 is 0 Å². The van der Waals surface area contributed by atoms with Crippen LogP contribution in [0.3, 0.4) is 0 Å². The normalized spacial score (nSPS) is 10.1. The second-order valence-corrected chi connectivity index (χ2v) is 3.66. The molecule has 0 fully saturated rings. The van der Waals surface area contributed by atoms with E-state index in [1.807, 2.05) is 31.2 Å². The standard InChI is InChI=1S/C14H13FO2/c1-10-5-3-4-6-12(10)17-13-8-7-11(15)9-14(13)16-2/h3-9H,1-2H3. The molecule has 2 rings (SSSR count). The SMILES string of the molecule is COc1cc(F)ccc1Oc1ccccc1C. The van der Waals surface area contributed by atoms with Gasteiger partial charge in [-0.2, -0.15) is 0 Å². The second-order valence-electron chi connectivity index (χ2n) is 3.66. The fourth-order valence-corrected chi connectivity index (χ4v) is 1.52. The van der Waals surface area contributed by atoms with Gasteiger partial charge in [0.25, 0.3) is 0 Å². The largest absolute Gasteiger partial charge is 0.493 e. The molecule has 0 amide bonds. The van der Waals surface area contributed by atoms with Crippen molar-refractivity contribution in [3.05, 3.63) is 53.8 Å². The quantitative estimate of drug-likeness (QED) is 0.798. The van der Waals surface area contributed by atoms with Gasteiger partial charge in [-0.05, 0) is 30.7 Å². The van der Waals surface area contributed by atoms with Gasteiger partial charge in [0.15, 0.2) is 11.5 Å². The van der Waals surface area contributed by atoms with E-state index in [1.165, 1.54) is 19.2 Å². The summed E-state index contributed by atoms with van der Waals surface area (Å²) in [5, 5.41) is 0. The second kappa shape index (κ2) is 4.87. The van der Waals surface area contributed by atoms with Crippen molar-refractivity contribution in [2.75, 3.05) is 7.11 Å². The molecule has 0 aromatic heterocycles. The summed E-state index contributed by atoms with van der Waals surface area (Å²) in [6, 6.07) is 11.8. The van der Waals surface area contributed by atoms with Crippen LogP contribution in [-0.2, 0) is 0 Å². The van der Waals surface area contributed by atoms with Gasteiger partial charge in [-0.15, -0.1) is 0 Å². The Bertz CT molecular complexity index is 523. The van der Waals surface area contributed by atoms with Gasteiger partial charge in [-0.25, -0.2) is 4.39 Å². The van der Waals surface area contributed by atoms with E-state index < -0.39 is 0 Å². The first-order valence-electron chi connectivity index (χ1n) is 5.27. The van der Waals surface area contributed by atoms with Crippen LogP contribution in [0, 0.1) is 12.7 Å². The van der Waals surface area contributed by atoms with E-state index in [-0.39, 0.29) is 5.82 Å². The summed E-state index contributed by atoms with van der Waals surface area (Å²) in [5.74, 6) is 1.27. The van der Waals surface area contributed by atoms with Crippen molar-refractivity contribution in [1.82, 2.24) is 0 Å². The zero-order chi connectivity index (χ0) is 12.3. The van der Waals surface area contributed by atoms with Gasteiger partial charge >= 0.3 is 0 Å². The number of halogens is 1. The van der Waals surface area contributed by atoms with Gasteiger partial charge in [0.05, 0.1) is 7.11 Å². The lowest BCUT2D eigenvalue weighted by Gasteiger charge is -2.11. The fraction of sp³-hybridized carbons (Fsp3) is 0.143. The molecule has 3 heteroatoms. The van der Waals surface area contributed by atoms with E-state index in [2.05, 4.69) is 0 Å². The Balaban J connectivity index is 2.33. The first kappa shape index (κ1) is 11.5. The predicted molar refractivity (Wildman–Crippen MR) is 64.2 cm³/mol. The van der Waals surface area contributed by atoms with Gasteiger partial charge < -0.3 is 9.47 Å². The average Bonchev–Trinajstić information content (AvgIpc) is 2.34.